The Morgan fingerprint density at radius 3 is 2.55 bits per heavy atom. The van der Waals surface area contributed by atoms with E-state index in [-0.39, 0.29) is 5.91 Å². The molecule has 1 amide bonds. The predicted octanol–water partition coefficient (Wildman–Crippen LogP) is 3.39. The van der Waals surface area contributed by atoms with Crippen molar-refractivity contribution in [3.63, 3.8) is 0 Å². The summed E-state index contributed by atoms with van der Waals surface area (Å²) in [5.41, 5.74) is 2.20. The first kappa shape index (κ1) is 14.9. The van der Waals surface area contributed by atoms with Crippen LogP contribution in [-0.4, -0.2) is 33.2 Å². The highest BCUT2D eigenvalue weighted by atomic mass is 32.2. The van der Waals surface area contributed by atoms with Crippen LogP contribution in [0.4, 0.5) is 5.13 Å². The molecule has 2 aromatic rings. The third kappa shape index (κ3) is 3.10. The number of thioether (sulfide) groups is 1. The van der Waals surface area contributed by atoms with Gasteiger partial charge in [-0.05, 0) is 37.2 Å². The molecule has 1 saturated heterocycles. The number of carbonyl (C=O) groups excluding carboxylic acids is 1. The van der Waals surface area contributed by atoms with E-state index in [1.165, 1.54) is 28.7 Å². The van der Waals surface area contributed by atoms with E-state index in [1.54, 1.807) is 11.9 Å². The summed E-state index contributed by atoms with van der Waals surface area (Å²) in [5, 5.41) is 9.94. The first-order valence-corrected chi connectivity index (χ1v) is 8.29. The lowest BCUT2D eigenvalue weighted by Gasteiger charge is -2.05. The van der Waals surface area contributed by atoms with Crippen molar-refractivity contribution in [2.24, 2.45) is 4.99 Å². The smallest absolute Gasteiger partial charge is 0.266 e. The summed E-state index contributed by atoms with van der Waals surface area (Å²) in [6.45, 7) is 3.91. The van der Waals surface area contributed by atoms with E-state index in [2.05, 4.69) is 15.2 Å². The highest BCUT2D eigenvalue weighted by Crippen LogP contribution is 2.33. The van der Waals surface area contributed by atoms with Gasteiger partial charge in [0.15, 0.2) is 5.17 Å². The maximum absolute atomic E-state index is 12.3. The molecule has 3 rings (SSSR count). The van der Waals surface area contributed by atoms with E-state index in [0.717, 1.165) is 10.6 Å². The first-order chi connectivity index (χ1) is 10.5. The van der Waals surface area contributed by atoms with Crippen LogP contribution in [0, 0.1) is 13.8 Å². The van der Waals surface area contributed by atoms with Gasteiger partial charge in [-0.2, -0.15) is 4.99 Å². The molecule has 0 bridgehead atoms. The van der Waals surface area contributed by atoms with Gasteiger partial charge in [-0.15, -0.1) is 10.2 Å². The highest BCUT2D eigenvalue weighted by molar-refractivity contribution is 8.18. The van der Waals surface area contributed by atoms with Crippen molar-refractivity contribution in [3.8, 4) is 0 Å². The Morgan fingerprint density at radius 1 is 1.18 bits per heavy atom. The molecule has 1 aliphatic heterocycles. The molecule has 0 aliphatic carbocycles. The second-order valence-corrected chi connectivity index (χ2v) is 7.05. The third-order valence-corrected chi connectivity index (χ3v) is 4.88. The number of amides is 1. The Morgan fingerprint density at radius 2 is 1.91 bits per heavy atom. The minimum absolute atomic E-state index is 0.0504. The number of likely N-dealkylation sites (N-methyl/N-ethyl adjacent to an activating group) is 1. The number of hydrogen-bond donors (Lipinski definition) is 0. The van der Waals surface area contributed by atoms with Gasteiger partial charge in [-0.25, -0.2) is 0 Å². The number of aryl methyl sites for hydroxylation is 2. The summed E-state index contributed by atoms with van der Waals surface area (Å²) >= 11 is 2.76. The van der Waals surface area contributed by atoms with E-state index in [1.807, 2.05) is 44.2 Å². The van der Waals surface area contributed by atoms with Crippen LogP contribution in [0.25, 0.3) is 6.08 Å². The van der Waals surface area contributed by atoms with Gasteiger partial charge in [0, 0.05) is 7.05 Å². The van der Waals surface area contributed by atoms with Gasteiger partial charge in [0.1, 0.15) is 5.01 Å². The predicted molar refractivity (Wildman–Crippen MR) is 91.3 cm³/mol. The molecule has 0 radical (unpaired) electrons. The molecular formula is C15H14N4OS2. The molecule has 0 atom stereocenters. The Bertz CT molecular complexity index is 777. The molecule has 0 N–H and O–H groups in total. The number of benzene rings is 1. The largest absolute Gasteiger partial charge is 0.289 e. The van der Waals surface area contributed by atoms with Crippen molar-refractivity contribution in [2.75, 3.05) is 7.05 Å². The van der Waals surface area contributed by atoms with Crippen LogP contribution in [0.5, 0.6) is 0 Å². The minimum atomic E-state index is -0.0504. The minimum Gasteiger partial charge on any atom is -0.289 e. The van der Waals surface area contributed by atoms with E-state index in [9.17, 15) is 4.79 Å². The maximum atomic E-state index is 12.3. The zero-order valence-corrected chi connectivity index (χ0v) is 14.0. The summed E-state index contributed by atoms with van der Waals surface area (Å²) < 4.78 is 0. The Kier molecular flexibility index (Phi) is 4.08. The number of rotatable bonds is 2. The molecule has 7 heteroatoms. The summed E-state index contributed by atoms with van der Waals surface area (Å²) in [5.74, 6) is -0.0504. The fraction of sp³-hybridized carbons (Fsp3) is 0.200. The highest BCUT2D eigenvalue weighted by Gasteiger charge is 2.30. The topological polar surface area (TPSA) is 58.5 Å². The third-order valence-electron chi connectivity index (χ3n) is 3.09. The lowest BCUT2D eigenvalue weighted by Crippen LogP contribution is -2.23. The summed E-state index contributed by atoms with van der Waals surface area (Å²) in [7, 11) is 1.72. The van der Waals surface area contributed by atoms with Gasteiger partial charge < -0.3 is 0 Å². The first-order valence-electron chi connectivity index (χ1n) is 6.66. The van der Waals surface area contributed by atoms with E-state index in [4.69, 9.17) is 0 Å². The van der Waals surface area contributed by atoms with Crippen molar-refractivity contribution in [1.29, 1.82) is 0 Å². The average Bonchev–Trinajstić information content (AvgIpc) is 3.01. The van der Waals surface area contributed by atoms with Gasteiger partial charge in [0.05, 0.1) is 4.91 Å². The molecular weight excluding hydrogens is 316 g/mol. The Labute approximate surface area is 136 Å². The SMILES string of the molecule is Cc1ccc(/C=C2\S/C(=N/c3nnc(C)s3)N(C)C2=O)cc1. The molecule has 5 nitrogen and oxygen atoms in total. The van der Waals surface area contributed by atoms with Crippen molar-refractivity contribution >= 4 is 45.4 Å². The van der Waals surface area contributed by atoms with Crippen LogP contribution in [0.15, 0.2) is 34.2 Å². The van der Waals surface area contributed by atoms with Gasteiger partial charge in [-0.3, -0.25) is 9.69 Å². The normalized spacial score (nSPS) is 18.7. The molecule has 1 aromatic carbocycles. The molecule has 112 valence electrons. The number of aliphatic imine (C=N–C) groups is 1. The van der Waals surface area contributed by atoms with Crippen molar-refractivity contribution < 1.29 is 4.79 Å². The van der Waals surface area contributed by atoms with E-state index in [0.29, 0.717) is 15.2 Å². The summed E-state index contributed by atoms with van der Waals surface area (Å²) in [6.07, 6.45) is 1.89. The van der Waals surface area contributed by atoms with Crippen molar-refractivity contribution in [3.05, 3.63) is 45.3 Å². The standard InChI is InChI=1S/C15H14N4OS2/c1-9-4-6-11(7-5-9)8-12-13(20)19(3)15(22-12)16-14-18-17-10(2)21-14/h4-8H,1-3H3/b12-8-,16-15+. The molecule has 0 spiro atoms. The van der Waals surface area contributed by atoms with E-state index < -0.39 is 0 Å². The van der Waals surface area contributed by atoms with Gasteiger partial charge in [0.25, 0.3) is 5.91 Å². The van der Waals surface area contributed by atoms with Crippen LogP contribution in [0.3, 0.4) is 0 Å². The summed E-state index contributed by atoms with van der Waals surface area (Å²) in [6, 6.07) is 8.05. The van der Waals surface area contributed by atoms with Crippen molar-refractivity contribution in [1.82, 2.24) is 15.1 Å². The van der Waals surface area contributed by atoms with Gasteiger partial charge >= 0.3 is 0 Å². The van der Waals surface area contributed by atoms with Crippen LogP contribution in [0.1, 0.15) is 16.1 Å². The molecule has 1 fully saturated rings. The van der Waals surface area contributed by atoms with Crippen LogP contribution >= 0.6 is 23.1 Å². The zero-order chi connectivity index (χ0) is 15.7. The molecule has 2 heterocycles. The average molecular weight is 330 g/mol. The Balaban J connectivity index is 1.88. The number of amidine groups is 1. The van der Waals surface area contributed by atoms with Crippen LogP contribution in [0.2, 0.25) is 0 Å². The van der Waals surface area contributed by atoms with Crippen LogP contribution in [-0.2, 0) is 4.79 Å². The number of hydrogen-bond acceptors (Lipinski definition) is 6. The van der Waals surface area contributed by atoms with E-state index >= 15 is 0 Å². The molecule has 22 heavy (non-hydrogen) atoms. The van der Waals surface area contributed by atoms with Crippen molar-refractivity contribution in [2.45, 2.75) is 13.8 Å². The second kappa shape index (κ2) is 6.02. The monoisotopic (exact) mass is 330 g/mol. The fourth-order valence-electron chi connectivity index (χ4n) is 1.88. The maximum Gasteiger partial charge on any atom is 0.266 e. The summed E-state index contributed by atoms with van der Waals surface area (Å²) in [4.78, 5) is 18.9. The number of carbonyl (C=O) groups is 1. The Hall–Kier alpha value is -1.99. The quantitative estimate of drug-likeness (QED) is 0.792. The lowest BCUT2D eigenvalue weighted by atomic mass is 10.1. The lowest BCUT2D eigenvalue weighted by molar-refractivity contribution is -0.121. The zero-order valence-electron chi connectivity index (χ0n) is 12.4. The molecule has 0 saturated carbocycles. The molecule has 1 aliphatic rings. The second-order valence-electron chi connectivity index (χ2n) is 4.88. The van der Waals surface area contributed by atoms with Crippen LogP contribution < -0.4 is 0 Å². The fourth-order valence-corrected chi connectivity index (χ4v) is 3.46. The molecule has 0 unspecified atom stereocenters. The number of nitrogens with zero attached hydrogens (tertiary/aromatic N) is 4. The molecule has 1 aromatic heterocycles. The van der Waals surface area contributed by atoms with Gasteiger partial charge in [-0.1, -0.05) is 41.2 Å². The van der Waals surface area contributed by atoms with Gasteiger partial charge in [0.2, 0.25) is 5.13 Å². The number of aromatic nitrogens is 2.